The Labute approximate surface area is 118 Å². The van der Waals surface area contributed by atoms with E-state index < -0.39 is 5.97 Å². The van der Waals surface area contributed by atoms with Crippen molar-refractivity contribution in [2.75, 3.05) is 11.9 Å². The Balaban J connectivity index is 2.15. The van der Waals surface area contributed by atoms with Gasteiger partial charge in [0.05, 0.1) is 12.3 Å². The first kappa shape index (κ1) is 13.6. The number of rotatable bonds is 4. The molecule has 1 aromatic carbocycles. The van der Waals surface area contributed by atoms with Gasteiger partial charge in [0, 0.05) is 10.4 Å². The van der Waals surface area contributed by atoms with Gasteiger partial charge in [-0.1, -0.05) is 11.6 Å². The third-order valence-corrected chi connectivity index (χ3v) is 3.18. The molecule has 0 saturated heterocycles. The van der Waals surface area contributed by atoms with Crippen molar-refractivity contribution < 1.29 is 14.6 Å². The summed E-state index contributed by atoms with van der Waals surface area (Å²) in [6.07, 6.45) is 0. The molecule has 0 amide bonds. The highest BCUT2D eigenvalue weighted by molar-refractivity contribution is 7.14. The van der Waals surface area contributed by atoms with Crippen LogP contribution >= 0.6 is 22.9 Å². The molecule has 2 N–H and O–H groups in total. The summed E-state index contributed by atoms with van der Waals surface area (Å²) in [5.74, 6) is -0.417. The maximum absolute atomic E-state index is 11.5. The van der Waals surface area contributed by atoms with Gasteiger partial charge in [-0.3, -0.25) is 0 Å². The predicted molar refractivity (Wildman–Crippen MR) is 74.5 cm³/mol. The van der Waals surface area contributed by atoms with Gasteiger partial charge in [0.15, 0.2) is 10.8 Å². The van der Waals surface area contributed by atoms with Crippen molar-refractivity contribution >= 4 is 39.7 Å². The van der Waals surface area contributed by atoms with Crippen molar-refractivity contribution in [1.29, 1.82) is 0 Å². The van der Waals surface area contributed by atoms with Crippen LogP contribution in [0.5, 0.6) is 5.75 Å². The molecule has 7 heteroatoms. The van der Waals surface area contributed by atoms with Gasteiger partial charge < -0.3 is 15.2 Å². The van der Waals surface area contributed by atoms with Crippen LogP contribution in [0.2, 0.25) is 5.02 Å². The van der Waals surface area contributed by atoms with E-state index in [0.717, 1.165) is 0 Å². The van der Waals surface area contributed by atoms with Crippen LogP contribution in [0.15, 0.2) is 23.6 Å². The number of thiazole rings is 1. The predicted octanol–water partition coefficient (Wildman–Crippen LogP) is 3.42. The zero-order valence-electron chi connectivity index (χ0n) is 10.0. The van der Waals surface area contributed by atoms with Crippen LogP contribution in [0.1, 0.15) is 17.4 Å². The molecule has 0 aliphatic rings. The Morgan fingerprint density at radius 2 is 2.37 bits per heavy atom. The standard InChI is InChI=1S/C12H11ClN2O3S/c1-2-18-11(17)9-6-19-12(15-9)14-8-5-7(13)3-4-10(8)16/h3-6,16H,2H2,1H3,(H,14,15). The fourth-order valence-corrected chi connectivity index (χ4v) is 2.22. The smallest absolute Gasteiger partial charge is 0.357 e. The lowest BCUT2D eigenvalue weighted by atomic mass is 10.3. The van der Waals surface area contributed by atoms with Gasteiger partial charge in [-0.25, -0.2) is 9.78 Å². The number of benzene rings is 1. The zero-order chi connectivity index (χ0) is 13.8. The summed E-state index contributed by atoms with van der Waals surface area (Å²) >= 11 is 7.07. The van der Waals surface area contributed by atoms with Crippen molar-refractivity contribution in [3.8, 4) is 5.75 Å². The van der Waals surface area contributed by atoms with Gasteiger partial charge >= 0.3 is 5.97 Å². The number of carbonyl (C=O) groups excluding carboxylic acids is 1. The lowest BCUT2D eigenvalue weighted by molar-refractivity contribution is 0.0520. The number of phenolic OH excluding ortho intramolecular Hbond substituents is 1. The average Bonchev–Trinajstić information content (AvgIpc) is 2.83. The third-order valence-electron chi connectivity index (χ3n) is 2.19. The molecule has 2 rings (SSSR count). The molecule has 0 atom stereocenters. The molecule has 2 aromatic rings. The number of esters is 1. The average molecular weight is 299 g/mol. The highest BCUT2D eigenvalue weighted by atomic mass is 35.5. The summed E-state index contributed by atoms with van der Waals surface area (Å²) in [6.45, 7) is 2.03. The number of nitrogens with one attached hydrogen (secondary N) is 1. The van der Waals surface area contributed by atoms with E-state index in [1.165, 1.54) is 17.4 Å². The van der Waals surface area contributed by atoms with Crippen molar-refractivity contribution in [3.05, 3.63) is 34.3 Å². The normalized spacial score (nSPS) is 10.2. The summed E-state index contributed by atoms with van der Waals surface area (Å²) in [6, 6.07) is 4.63. The monoisotopic (exact) mass is 298 g/mol. The van der Waals surface area contributed by atoms with Gasteiger partial charge in [-0.05, 0) is 25.1 Å². The summed E-state index contributed by atoms with van der Waals surface area (Å²) in [5.41, 5.74) is 0.660. The van der Waals surface area contributed by atoms with Crippen molar-refractivity contribution in [3.63, 3.8) is 0 Å². The molecule has 0 radical (unpaired) electrons. The molecule has 0 saturated carbocycles. The molecule has 0 spiro atoms. The highest BCUT2D eigenvalue weighted by Crippen LogP contribution is 2.30. The fourth-order valence-electron chi connectivity index (χ4n) is 1.35. The first-order valence-corrected chi connectivity index (χ1v) is 6.74. The minimum atomic E-state index is -0.470. The quantitative estimate of drug-likeness (QED) is 0.668. The number of ether oxygens (including phenoxy) is 1. The van der Waals surface area contributed by atoms with E-state index in [4.69, 9.17) is 16.3 Å². The van der Waals surface area contributed by atoms with E-state index in [1.807, 2.05) is 0 Å². The van der Waals surface area contributed by atoms with Crippen LogP contribution in [-0.2, 0) is 4.74 Å². The van der Waals surface area contributed by atoms with Crippen LogP contribution in [0.4, 0.5) is 10.8 Å². The zero-order valence-corrected chi connectivity index (χ0v) is 11.6. The second kappa shape index (κ2) is 5.90. The summed E-state index contributed by atoms with van der Waals surface area (Å²) in [4.78, 5) is 15.5. The van der Waals surface area contributed by atoms with Crippen LogP contribution in [0.25, 0.3) is 0 Å². The van der Waals surface area contributed by atoms with Crippen molar-refractivity contribution in [1.82, 2.24) is 4.98 Å². The van der Waals surface area contributed by atoms with E-state index >= 15 is 0 Å². The second-order valence-corrected chi connectivity index (χ2v) is 4.84. The van der Waals surface area contributed by atoms with E-state index in [2.05, 4.69) is 10.3 Å². The SMILES string of the molecule is CCOC(=O)c1csc(Nc2cc(Cl)ccc2O)n1. The molecule has 1 aromatic heterocycles. The molecule has 0 bridgehead atoms. The van der Waals surface area contributed by atoms with Gasteiger partial charge in [-0.15, -0.1) is 11.3 Å². The Kier molecular flexibility index (Phi) is 4.24. The maximum Gasteiger partial charge on any atom is 0.357 e. The number of hydrogen-bond acceptors (Lipinski definition) is 6. The van der Waals surface area contributed by atoms with Crippen LogP contribution in [-0.4, -0.2) is 22.7 Å². The first-order valence-electron chi connectivity index (χ1n) is 5.48. The number of hydrogen-bond donors (Lipinski definition) is 2. The van der Waals surface area contributed by atoms with Gasteiger partial charge in [0.1, 0.15) is 5.75 Å². The Morgan fingerprint density at radius 1 is 1.58 bits per heavy atom. The number of anilines is 2. The van der Waals surface area contributed by atoms with Gasteiger partial charge in [0.25, 0.3) is 0 Å². The molecule has 100 valence electrons. The molecular weight excluding hydrogens is 288 g/mol. The number of carbonyl (C=O) groups is 1. The van der Waals surface area contributed by atoms with E-state index in [1.54, 1.807) is 24.4 Å². The molecular formula is C12H11ClN2O3S. The molecule has 0 aliphatic heterocycles. The maximum atomic E-state index is 11.5. The van der Waals surface area contributed by atoms with E-state index in [-0.39, 0.29) is 11.4 Å². The minimum Gasteiger partial charge on any atom is -0.506 e. The summed E-state index contributed by atoms with van der Waals surface area (Å²) < 4.78 is 4.84. The largest absolute Gasteiger partial charge is 0.506 e. The van der Waals surface area contributed by atoms with Crippen molar-refractivity contribution in [2.45, 2.75) is 6.92 Å². The highest BCUT2D eigenvalue weighted by Gasteiger charge is 2.12. The number of halogens is 1. The number of phenols is 1. The Morgan fingerprint density at radius 3 is 3.11 bits per heavy atom. The molecule has 1 heterocycles. The van der Waals surface area contributed by atoms with Crippen LogP contribution in [0, 0.1) is 0 Å². The van der Waals surface area contributed by atoms with Gasteiger partial charge in [-0.2, -0.15) is 0 Å². The third kappa shape index (κ3) is 3.36. The topological polar surface area (TPSA) is 71.5 Å². The molecule has 5 nitrogen and oxygen atoms in total. The second-order valence-electron chi connectivity index (χ2n) is 3.54. The molecule has 0 fully saturated rings. The van der Waals surface area contributed by atoms with Crippen LogP contribution in [0.3, 0.4) is 0 Å². The minimum absolute atomic E-state index is 0.0530. The summed E-state index contributed by atoms with van der Waals surface area (Å²) in [5, 5.41) is 15.1. The fraction of sp³-hybridized carbons (Fsp3) is 0.167. The molecule has 0 aliphatic carbocycles. The van der Waals surface area contributed by atoms with E-state index in [0.29, 0.717) is 22.4 Å². The van der Waals surface area contributed by atoms with E-state index in [9.17, 15) is 9.90 Å². The first-order chi connectivity index (χ1) is 9.10. The number of aromatic hydroxyl groups is 1. The molecule has 19 heavy (non-hydrogen) atoms. The number of aromatic nitrogens is 1. The van der Waals surface area contributed by atoms with Crippen molar-refractivity contribution in [2.24, 2.45) is 0 Å². The summed E-state index contributed by atoms with van der Waals surface area (Å²) in [7, 11) is 0. The lowest BCUT2D eigenvalue weighted by Gasteiger charge is -2.05. The molecule has 0 unspecified atom stereocenters. The number of nitrogens with zero attached hydrogens (tertiary/aromatic N) is 1. The van der Waals surface area contributed by atoms with Gasteiger partial charge in [0.2, 0.25) is 0 Å². The lowest BCUT2D eigenvalue weighted by Crippen LogP contribution is -2.05. The Hall–Kier alpha value is -1.79. The van der Waals surface area contributed by atoms with Crippen LogP contribution < -0.4 is 5.32 Å². The Bertz CT molecular complexity index is 600.